The fourth-order valence-electron chi connectivity index (χ4n) is 2.31. The minimum Gasteiger partial charge on any atom is -0.261 e. The number of hydrogen-bond donors (Lipinski definition) is 0. The number of pyridine rings is 1. The highest BCUT2D eigenvalue weighted by atomic mass is 14.7. The monoisotopic (exact) mass is 189 g/mol. The van der Waals surface area contributed by atoms with E-state index in [1.807, 2.05) is 6.92 Å². The second kappa shape index (κ2) is 4.12. The third-order valence-electron chi connectivity index (χ3n) is 3.42. The van der Waals surface area contributed by atoms with Gasteiger partial charge in [0.05, 0.1) is 0 Å². The first-order chi connectivity index (χ1) is 6.75. The van der Waals surface area contributed by atoms with Crippen molar-refractivity contribution in [2.24, 2.45) is 5.92 Å². The van der Waals surface area contributed by atoms with Gasteiger partial charge in [0, 0.05) is 11.9 Å². The molecule has 0 aliphatic heterocycles. The number of hydrogen-bond acceptors (Lipinski definition) is 1. The van der Waals surface area contributed by atoms with E-state index in [0.29, 0.717) is 0 Å². The lowest BCUT2D eigenvalue weighted by atomic mass is 9.80. The third-order valence-corrected chi connectivity index (χ3v) is 3.42. The van der Waals surface area contributed by atoms with Crippen LogP contribution in [-0.4, -0.2) is 4.98 Å². The Morgan fingerprint density at radius 3 is 2.43 bits per heavy atom. The molecule has 0 radical (unpaired) electrons. The molecule has 14 heavy (non-hydrogen) atoms. The lowest BCUT2D eigenvalue weighted by Gasteiger charge is -2.26. The first-order valence-electron chi connectivity index (χ1n) is 5.68. The Balaban J connectivity index is 2.05. The van der Waals surface area contributed by atoms with Crippen LogP contribution < -0.4 is 0 Å². The number of rotatable bonds is 1. The summed E-state index contributed by atoms with van der Waals surface area (Å²) in [6.07, 6.45) is 7.55. The van der Waals surface area contributed by atoms with Gasteiger partial charge in [0.1, 0.15) is 0 Å². The highest BCUT2D eigenvalue weighted by Gasteiger charge is 2.19. The van der Waals surface area contributed by atoms with Crippen LogP contribution in [0.5, 0.6) is 0 Å². The summed E-state index contributed by atoms with van der Waals surface area (Å²) in [7, 11) is 0. The zero-order valence-corrected chi connectivity index (χ0v) is 9.16. The minimum absolute atomic E-state index is 0.777. The number of aromatic nitrogens is 1. The molecule has 0 unspecified atom stereocenters. The minimum atomic E-state index is 0.777. The van der Waals surface area contributed by atoms with Crippen molar-refractivity contribution in [3.8, 4) is 0 Å². The van der Waals surface area contributed by atoms with Crippen LogP contribution >= 0.6 is 0 Å². The quantitative estimate of drug-likeness (QED) is 0.656. The molecule has 0 bridgehead atoms. The SMILES string of the molecule is Cc1ccc(C2CCC(C)CC2)cn1. The average Bonchev–Trinajstić information content (AvgIpc) is 2.21. The molecule has 2 rings (SSSR count). The van der Waals surface area contributed by atoms with E-state index in [0.717, 1.165) is 17.5 Å². The fraction of sp³-hybridized carbons (Fsp3) is 0.615. The lowest BCUT2D eigenvalue weighted by Crippen LogP contribution is -2.10. The number of nitrogens with zero attached hydrogens (tertiary/aromatic N) is 1. The van der Waals surface area contributed by atoms with Crippen LogP contribution in [-0.2, 0) is 0 Å². The Morgan fingerprint density at radius 1 is 1.14 bits per heavy atom. The third kappa shape index (κ3) is 2.14. The Labute approximate surface area is 86.6 Å². The maximum absolute atomic E-state index is 4.37. The molecule has 1 heterocycles. The molecule has 1 aliphatic carbocycles. The molecule has 0 saturated heterocycles. The van der Waals surface area contributed by atoms with Crippen molar-refractivity contribution < 1.29 is 0 Å². The summed E-state index contributed by atoms with van der Waals surface area (Å²) in [5.41, 5.74) is 2.57. The molecule has 1 fully saturated rings. The summed E-state index contributed by atoms with van der Waals surface area (Å²) in [6.45, 7) is 4.41. The Hall–Kier alpha value is -0.850. The van der Waals surface area contributed by atoms with E-state index >= 15 is 0 Å². The van der Waals surface area contributed by atoms with Gasteiger partial charge in [-0.25, -0.2) is 0 Å². The Kier molecular flexibility index (Phi) is 2.85. The predicted molar refractivity (Wildman–Crippen MR) is 59.3 cm³/mol. The van der Waals surface area contributed by atoms with Crippen molar-refractivity contribution >= 4 is 0 Å². The lowest BCUT2D eigenvalue weighted by molar-refractivity contribution is 0.347. The highest BCUT2D eigenvalue weighted by Crippen LogP contribution is 2.34. The maximum Gasteiger partial charge on any atom is 0.0372 e. The van der Waals surface area contributed by atoms with E-state index in [4.69, 9.17) is 0 Å². The standard InChI is InChI=1S/C13H19N/c1-10-3-6-12(7-4-10)13-8-5-11(2)14-9-13/h5,8-10,12H,3-4,6-7H2,1-2H3. The molecule has 1 aliphatic rings. The second-order valence-electron chi connectivity index (χ2n) is 4.69. The van der Waals surface area contributed by atoms with Crippen LogP contribution in [0, 0.1) is 12.8 Å². The van der Waals surface area contributed by atoms with E-state index < -0.39 is 0 Å². The van der Waals surface area contributed by atoms with Crippen LogP contribution in [0.1, 0.15) is 49.8 Å². The molecule has 1 nitrogen and oxygen atoms in total. The summed E-state index contributed by atoms with van der Waals surface area (Å²) < 4.78 is 0. The molecule has 0 amide bonds. The molecular formula is C13H19N. The van der Waals surface area contributed by atoms with Crippen LogP contribution in [0.2, 0.25) is 0 Å². The van der Waals surface area contributed by atoms with E-state index in [9.17, 15) is 0 Å². The van der Waals surface area contributed by atoms with Crippen molar-refractivity contribution in [1.29, 1.82) is 0 Å². The van der Waals surface area contributed by atoms with Gasteiger partial charge in [-0.2, -0.15) is 0 Å². The van der Waals surface area contributed by atoms with Crippen LogP contribution in [0.15, 0.2) is 18.3 Å². The predicted octanol–water partition coefficient (Wildman–Crippen LogP) is 3.68. The van der Waals surface area contributed by atoms with E-state index in [2.05, 4.69) is 30.2 Å². The molecule has 1 saturated carbocycles. The average molecular weight is 189 g/mol. The first kappa shape index (κ1) is 9.70. The summed E-state index contributed by atoms with van der Waals surface area (Å²) in [5, 5.41) is 0. The molecule has 0 atom stereocenters. The first-order valence-corrected chi connectivity index (χ1v) is 5.68. The van der Waals surface area contributed by atoms with Gasteiger partial charge in [-0.05, 0) is 43.2 Å². The van der Waals surface area contributed by atoms with Gasteiger partial charge in [-0.15, -0.1) is 0 Å². The van der Waals surface area contributed by atoms with Crippen molar-refractivity contribution in [2.45, 2.75) is 45.4 Å². The van der Waals surface area contributed by atoms with Gasteiger partial charge in [-0.1, -0.05) is 25.8 Å². The van der Waals surface area contributed by atoms with E-state index in [1.54, 1.807) is 0 Å². The number of aryl methyl sites for hydroxylation is 1. The van der Waals surface area contributed by atoms with Gasteiger partial charge in [-0.3, -0.25) is 4.98 Å². The largest absolute Gasteiger partial charge is 0.261 e. The highest BCUT2D eigenvalue weighted by molar-refractivity contribution is 5.18. The van der Waals surface area contributed by atoms with Gasteiger partial charge in [0.25, 0.3) is 0 Å². The van der Waals surface area contributed by atoms with Crippen LogP contribution in [0.3, 0.4) is 0 Å². The van der Waals surface area contributed by atoms with Gasteiger partial charge in [0.2, 0.25) is 0 Å². The maximum atomic E-state index is 4.37. The Morgan fingerprint density at radius 2 is 1.86 bits per heavy atom. The van der Waals surface area contributed by atoms with Crippen LogP contribution in [0.4, 0.5) is 0 Å². The summed E-state index contributed by atoms with van der Waals surface area (Å²) in [6, 6.07) is 4.39. The normalized spacial score (nSPS) is 27.6. The molecule has 0 aromatic carbocycles. The zero-order chi connectivity index (χ0) is 9.97. The van der Waals surface area contributed by atoms with E-state index in [-0.39, 0.29) is 0 Å². The molecular weight excluding hydrogens is 170 g/mol. The zero-order valence-electron chi connectivity index (χ0n) is 9.16. The second-order valence-corrected chi connectivity index (χ2v) is 4.69. The van der Waals surface area contributed by atoms with Crippen LogP contribution in [0.25, 0.3) is 0 Å². The van der Waals surface area contributed by atoms with Crippen molar-refractivity contribution in [2.75, 3.05) is 0 Å². The smallest absolute Gasteiger partial charge is 0.0372 e. The van der Waals surface area contributed by atoms with Gasteiger partial charge in [0.15, 0.2) is 0 Å². The van der Waals surface area contributed by atoms with Crippen molar-refractivity contribution in [3.05, 3.63) is 29.6 Å². The Bertz CT molecular complexity index is 281. The summed E-state index contributed by atoms with van der Waals surface area (Å²) in [5.74, 6) is 1.71. The molecule has 1 aromatic rings. The molecule has 0 N–H and O–H groups in total. The molecule has 1 aromatic heterocycles. The summed E-state index contributed by atoms with van der Waals surface area (Å²) in [4.78, 5) is 4.37. The molecule has 1 heteroatoms. The fourth-order valence-corrected chi connectivity index (χ4v) is 2.31. The van der Waals surface area contributed by atoms with Crippen molar-refractivity contribution in [1.82, 2.24) is 4.98 Å². The van der Waals surface area contributed by atoms with Gasteiger partial charge >= 0.3 is 0 Å². The van der Waals surface area contributed by atoms with Crippen molar-refractivity contribution in [3.63, 3.8) is 0 Å². The summed E-state index contributed by atoms with van der Waals surface area (Å²) >= 11 is 0. The van der Waals surface area contributed by atoms with E-state index in [1.165, 1.54) is 31.2 Å². The molecule has 76 valence electrons. The molecule has 0 spiro atoms. The van der Waals surface area contributed by atoms with Gasteiger partial charge < -0.3 is 0 Å². The topological polar surface area (TPSA) is 12.9 Å².